The normalized spacial score (nSPS) is 16.7. The molecule has 0 aromatic carbocycles. The molecule has 18 heavy (non-hydrogen) atoms. The first kappa shape index (κ1) is 11.4. The van der Waals surface area contributed by atoms with Gasteiger partial charge in [0.25, 0.3) is 0 Å². The largest absolute Gasteiger partial charge is 0.383 e. The van der Waals surface area contributed by atoms with Crippen molar-refractivity contribution in [2.45, 2.75) is 38.4 Å². The van der Waals surface area contributed by atoms with Crippen molar-refractivity contribution >= 4 is 16.9 Å². The van der Waals surface area contributed by atoms with Gasteiger partial charge in [0.2, 0.25) is 0 Å². The number of fused-ring (bicyclic) bond motifs is 1. The first-order chi connectivity index (χ1) is 8.74. The number of nitrogens with two attached hydrogens (primary N) is 1. The molecule has 1 saturated carbocycles. The van der Waals surface area contributed by atoms with Gasteiger partial charge in [0.05, 0.1) is 17.7 Å². The minimum Gasteiger partial charge on any atom is -0.383 e. The number of aryl methyl sites for hydroxylation is 1. The Morgan fingerprint density at radius 1 is 1.39 bits per heavy atom. The number of anilines is 1. The fraction of sp³-hybridized carbons (Fsp3) is 0.583. The van der Waals surface area contributed by atoms with Crippen LogP contribution in [0.15, 0.2) is 6.20 Å². The van der Waals surface area contributed by atoms with Gasteiger partial charge >= 0.3 is 0 Å². The summed E-state index contributed by atoms with van der Waals surface area (Å²) < 4.78 is 7.50. The highest BCUT2D eigenvalue weighted by molar-refractivity contribution is 5.84. The van der Waals surface area contributed by atoms with E-state index in [0.29, 0.717) is 24.4 Å². The highest BCUT2D eigenvalue weighted by Crippen LogP contribution is 2.22. The third kappa shape index (κ3) is 2.03. The van der Waals surface area contributed by atoms with Gasteiger partial charge in [-0.1, -0.05) is 12.8 Å². The maximum atomic E-state index is 5.89. The molecule has 3 rings (SSSR count). The van der Waals surface area contributed by atoms with Crippen molar-refractivity contribution in [2.24, 2.45) is 7.05 Å². The lowest BCUT2D eigenvalue weighted by Crippen LogP contribution is -2.10. The van der Waals surface area contributed by atoms with Gasteiger partial charge in [-0.25, -0.2) is 9.97 Å². The molecule has 2 heterocycles. The lowest BCUT2D eigenvalue weighted by molar-refractivity contribution is 0.0419. The maximum Gasteiger partial charge on any atom is 0.163 e. The van der Waals surface area contributed by atoms with E-state index in [0.717, 1.165) is 23.9 Å². The summed E-state index contributed by atoms with van der Waals surface area (Å²) in [4.78, 5) is 8.70. The van der Waals surface area contributed by atoms with E-state index in [1.165, 1.54) is 12.8 Å². The molecular formula is C12H17N5O. The number of nitrogens with zero attached hydrogens (tertiary/aromatic N) is 4. The molecule has 6 nitrogen and oxygen atoms in total. The van der Waals surface area contributed by atoms with Crippen LogP contribution in [-0.2, 0) is 18.4 Å². The molecule has 6 heteroatoms. The minimum atomic E-state index is 0.358. The summed E-state index contributed by atoms with van der Waals surface area (Å²) in [6.07, 6.45) is 6.85. The topological polar surface area (TPSA) is 78.9 Å². The quantitative estimate of drug-likeness (QED) is 0.887. The zero-order valence-corrected chi connectivity index (χ0v) is 10.5. The third-order valence-electron chi connectivity index (χ3n) is 3.42. The monoisotopic (exact) mass is 247 g/mol. The molecule has 0 spiro atoms. The van der Waals surface area contributed by atoms with Crippen molar-refractivity contribution in [3.05, 3.63) is 12.0 Å². The van der Waals surface area contributed by atoms with Gasteiger partial charge in [0, 0.05) is 7.05 Å². The van der Waals surface area contributed by atoms with E-state index in [1.54, 1.807) is 10.9 Å². The van der Waals surface area contributed by atoms with Gasteiger partial charge in [0.15, 0.2) is 11.5 Å². The average Bonchev–Trinajstić information content (AvgIpc) is 2.98. The van der Waals surface area contributed by atoms with Crippen molar-refractivity contribution in [3.63, 3.8) is 0 Å². The van der Waals surface area contributed by atoms with Gasteiger partial charge in [-0.05, 0) is 12.8 Å². The van der Waals surface area contributed by atoms with Gasteiger partial charge in [-0.15, -0.1) is 0 Å². The minimum absolute atomic E-state index is 0.358. The number of hydrogen-bond acceptors (Lipinski definition) is 5. The Morgan fingerprint density at radius 3 is 2.94 bits per heavy atom. The molecule has 2 aromatic rings. The highest BCUT2D eigenvalue weighted by Gasteiger charge is 2.16. The molecule has 96 valence electrons. The Morgan fingerprint density at radius 2 is 2.17 bits per heavy atom. The van der Waals surface area contributed by atoms with Crippen molar-refractivity contribution in [1.29, 1.82) is 0 Å². The van der Waals surface area contributed by atoms with Crippen LogP contribution in [0.3, 0.4) is 0 Å². The third-order valence-corrected chi connectivity index (χ3v) is 3.42. The SMILES string of the molecule is Cn1ncc2c(N)nc(COC3CCCC3)nc21. The molecule has 0 aliphatic heterocycles. The van der Waals surface area contributed by atoms with Crippen LogP contribution >= 0.6 is 0 Å². The van der Waals surface area contributed by atoms with Crippen LogP contribution in [0.4, 0.5) is 5.82 Å². The zero-order valence-electron chi connectivity index (χ0n) is 10.5. The van der Waals surface area contributed by atoms with Crippen LogP contribution in [-0.4, -0.2) is 25.9 Å². The number of hydrogen-bond donors (Lipinski definition) is 1. The van der Waals surface area contributed by atoms with Gasteiger partial charge in [-0.3, -0.25) is 4.68 Å². The molecular weight excluding hydrogens is 230 g/mol. The maximum absolute atomic E-state index is 5.89. The Kier molecular flexibility index (Phi) is 2.87. The molecule has 1 aliphatic carbocycles. The zero-order chi connectivity index (χ0) is 12.5. The lowest BCUT2D eigenvalue weighted by atomic mass is 10.3. The summed E-state index contributed by atoms with van der Waals surface area (Å²) in [6.45, 7) is 0.427. The van der Waals surface area contributed by atoms with E-state index in [1.807, 2.05) is 7.05 Å². The summed E-state index contributed by atoms with van der Waals surface area (Å²) >= 11 is 0. The molecule has 0 atom stereocenters. The van der Waals surface area contributed by atoms with E-state index in [4.69, 9.17) is 10.5 Å². The standard InChI is InChI=1S/C12H17N5O/c1-17-12-9(6-14-17)11(13)15-10(16-12)7-18-8-4-2-3-5-8/h6,8H,2-5,7H2,1H3,(H2,13,15,16). The predicted molar refractivity (Wildman–Crippen MR) is 67.8 cm³/mol. The van der Waals surface area contributed by atoms with E-state index >= 15 is 0 Å². The second kappa shape index (κ2) is 4.53. The van der Waals surface area contributed by atoms with Crippen molar-refractivity contribution in [1.82, 2.24) is 19.7 Å². The van der Waals surface area contributed by atoms with Crippen LogP contribution in [0.1, 0.15) is 31.5 Å². The second-order valence-electron chi connectivity index (χ2n) is 4.75. The van der Waals surface area contributed by atoms with Crippen LogP contribution in [0.25, 0.3) is 11.0 Å². The molecule has 0 bridgehead atoms. The molecule has 0 unspecified atom stereocenters. The van der Waals surface area contributed by atoms with Gasteiger partial charge < -0.3 is 10.5 Å². The van der Waals surface area contributed by atoms with E-state index in [-0.39, 0.29) is 0 Å². The molecule has 2 N–H and O–H groups in total. The summed E-state index contributed by atoms with van der Waals surface area (Å²) in [5, 5.41) is 4.92. The molecule has 0 radical (unpaired) electrons. The molecule has 0 saturated heterocycles. The number of ether oxygens (including phenoxy) is 1. The number of aromatic nitrogens is 4. The van der Waals surface area contributed by atoms with Crippen LogP contribution in [0, 0.1) is 0 Å². The average molecular weight is 247 g/mol. The Hall–Kier alpha value is -1.69. The summed E-state index contributed by atoms with van der Waals surface area (Å²) in [7, 11) is 1.84. The molecule has 1 fully saturated rings. The van der Waals surface area contributed by atoms with E-state index in [2.05, 4.69) is 15.1 Å². The second-order valence-corrected chi connectivity index (χ2v) is 4.75. The van der Waals surface area contributed by atoms with Crippen LogP contribution in [0.2, 0.25) is 0 Å². The smallest absolute Gasteiger partial charge is 0.163 e. The highest BCUT2D eigenvalue weighted by atomic mass is 16.5. The molecule has 2 aromatic heterocycles. The number of rotatable bonds is 3. The Balaban J connectivity index is 1.81. The van der Waals surface area contributed by atoms with Crippen molar-refractivity contribution < 1.29 is 4.74 Å². The summed E-state index contributed by atoms with van der Waals surface area (Å²) in [5.41, 5.74) is 6.65. The lowest BCUT2D eigenvalue weighted by Gasteiger charge is -2.10. The Bertz CT molecular complexity index is 559. The fourth-order valence-corrected chi connectivity index (χ4v) is 2.40. The van der Waals surface area contributed by atoms with E-state index < -0.39 is 0 Å². The summed E-state index contributed by atoms with van der Waals surface area (Å²) in [5.74, 6) is 1.11. The van der Waals surface area contributed by atoms with Crippen molar-refractivity contribution in [2.75, 3.05) is 5.73 Å². The van der Waals surface area contributed by atoms with E-state index in [9.17, 15) is 0 Å². The van der Waals surface area contributed by atoms with Crippen LogP contribution in [0.5, 0.6) is 0 Å². The molecule has 1 aliphatic rings. The fourth-order valence-electron chi connectivity index (χ4n) is 2.40. The number of nitrogen functional groups attached to an aromatic ring is 1. The van der Waals surface area contributed by atoms with Crippen LogP contribution < -0.4 is 5.73 Å². The molecule has 0 amide bonds. The predicted octanol–water partition coefficient (Wildman–Crippen LogP) is 1.40. The van der Waals surface area contributed by atoms with Gasteiger partial charge in [0.1, 0.15) is 12.4 Å². The first-order valence-corrected chi connectivity index (χ1v) is 6.30. The summed E-state index contributed by atoms with van der Waals surface area (Å²) in [6, 6.07) is 0. The Labute approximate surface area is 105 Å². The van der Waals surface area contributed by atoms with Crippen molar-refractivity contribution in [3.8, 4) is 0 Å². The first-order valence-electron chi connectivity index (χ1n) is 6.30. The van der Waals surface area contributed by atoms with Gasteiger partial charge in [-0.2, -0.15) is 5.10 Å².